The number of imide groups is 2. The van der Waals surface area contributed by atoms with Crippen LogP contribution in [0.2, 0.25) is 0 Å². The maximum atomic E-state index is 13.0. The number of ether oxygens (including phenoxy) is 2. The van der Waals surface area contributed by atoms with Crippen LogP contribution in [0.15, 0.2) is 52.5 Å². The molecule has 1 fully saturated rings. The van der Waals surface area contributed by atoms with Gasteiger partial charge in [0.05, 0.1) is 23.4 Å². The molecule has 4 amide bonds. The third kappa shape index (κ3) is 5.32. The van der Waals surface area contributed by atoms with Crippen LogP contribution in [-0.2, 0) is 9.59 Å². The SMILES string of the molecule is CCCOc1ccc(N2C(=O)NC(=O)/C(=C/c3ccc(OCCC)c(Br)c3)C2=O)cc1. The smallest absolute Gasteiger partial charge is 0.335 e. The molecule has 3 rings (SSSR count). The highest BCUT2D eigenvalue weighted by Crippen LogP contribution is 2.28. The van der Waals surface area contributed by atoms with Crippen LogP contribution in [0.5, 0.6) is 11.5 Å². The third-order valence-corrected chi connectivity index (χ3v) is 5.02. The van der Waals surface area contributed by atoms with Crippen LogP contribution in [0.1, 0.15) is 32.3 Å². The number of hydrogen-bond donors (Lipinski definition) is 1. The average Bonchev–Trinajstić information content (AvgIpc) is 2.75. The van der Waals surface area contributed by atoms with Gasteiger partial charge in [-0.1, -0.05) is 19.9 Å². The van der Waals surface area contributed by atoms with Gasteiger partial charge in [0.2, 0.25) is 0 Å². The van der Waals surface area contributed by atoms with Crippen molar-refractivity contribution >= 4 is 45.5 Å². The van der Waals surface area contributed by atoms with E-state index in [1.54, 1.807) is 42.5 Å². The molecule has 31 heavy (non-hydrogen) atoms. The van der Waals surface area contributed by atoms with E-state index in [0.29, 0.717) is 40.4 Å². The largest absolute Gasteiger partial charge is 0.494 e. The van der Waals surface area contributed by atoms with Crippen molar-refractivity contribution in [2.45, 2.75) is 26.7 Å². The number of barbiturate groups is 1. The number of carbonyl (C=O) groups excluding carboxylic acids is 3. The van der Waals surface area contributed by atoms with Crippen molar-refractivity contribution in [2.75, 3.05) is 18.1 Å². The zero-order valence-corrected chi connectivity index (χ0v) is 18.9. The van der Waals surface area contributed by atoms with Crippen molar-refractivity contribution < 1.29 is 23.9 Å². The minimum atomic E-state index is -0.793. The molecule has 1 aliphatic rings. The molecular weight excluding hydrogens is 464 g/mol. The summed E-state index contributed by atoms with van der Waals surface area (Å²) in [7, 11) is 0. The van der Waals surface area contributed by atoms with Crippen LogP contribution < -0.4 is 19.7 Å². The summed E-state index contributed by atoms with van der Waals surface area (Å²) in [6.07, 6.45) is 3.19. The number of amides is 4. The Kier molecular flexibility index (Phi) is 7.46. The molecule has 2 aromatic carbocycles. The Labute approximate surface area is 189 Å². The van der Waals surface area contributed by atoms with Crippen LogP contribution in [0.4, 0.5) is 10.5 Å². The van der Waals surface area contributed by atoms with Gasteiger partial charge in [-0.3, -0.25) is 14.9 Å². The van der Waals surface area contributed by atoms with E-state index in [1.807, 2.05) is 13.8 Å². The number of hydrogen-bond acceptors (Lipinski definition) is 5. The highest BCUT2D eigenvalue weighted by Gasteiger charge is 2.36. The number of anilines is 1. The summed E-state index contributed by atoms with van der Waals surface area (Å²) in [6, 6.07) is 11.0. The maximum Gasteiger partial charge on any atom is 0.335 e. The number of rotatable bonds is 8. The fourth-order valence-electron chi connectivity index (χ4n) is 2.91. The number of urea groups is 1. The number of halogens is 1. The van der Waals surface area contributed by atoms with E-state index in [0.717, 1.165) is 17.7 Å². The average molecular weight is 487 g/mol. The highest BCUT2D eigenvalue weighted by molar-refractivity contribution is 9.10. The molecule has 0 aromatic heterocycles. The van der Waals surface area contributed by atoms with Crippen LogP contribution in [-0.4, -0.2) is 31.1 Å². The molecule has 2 aromatic rings. The first-order valence-electron chi connectivity index (χ1n) is 10.0. The summed E-state index contributed by atoms with van der Waals surface area (Å²) in [5.74, 6) is -0.127. The Hall–Kier alpha value is -3.13. The molecule has 0 aliphatic carbocycles. The van der Waals surface area contributed by atoms with E-state index < -0.39 is 17.8 Å². The summed E-state index contributed by atoms with van der Waals surface area (Å²) in [5.41, 5.74) is 0.820. The van der Waals surface area contributed by atoms with E-state index >= 15 is 0 Å². The Morgan fingerprint density at radius 1 is 0.968 bits per heavy atom. The molecule has 1 saturated heterocycles. The molecule has 1 N–H and O–H groups in total. The third-order valence-electron chi connectivity index (χ3n) is 4.40. The lowest BCUT2D eigenvalue weighted by molar-refractivity contribution is -0.122. The van der Waals surface area contributed by atoms with Crippen molar-refractivity contribution in [2.24, 2.45) is 0 Å². The zero-order valence-electron chi connectivity index (χ0n) is 17.3. The molecule has 1 aliphatic heterocycles. The minimum Gasteiger partial charge on any atom is -0.494 e. The first-order valence-corrected chi connectivity index (χ1v) is 10.8. The van der Waals surface area contributed by atoms with E-state index in [1.165, 1.54) is 6.08 Å². The van der Waals surface area contributed by atoms with Gasteiger partial charge in [-0.2, -0.15) is 0 Å². The number of nitrogens with one attached hydrogen (secondary N) is 1. The molecule has 0 spiro atoms. The molecule has 8 heteroatoms. The monoisotopic (exact) mass is 486 g/mol. The standard InChI is InChI=1S/C23H23BrN2O5/c1-3-11-30-17-8-6-16(7-9-17)26-22(28)18(21(27)25-23(26)29)13-15-5-10-20(19(24)14-15)31-12-4-2/h5-10,13-14H,3-4,11-12H2,1-2H3,(H,25,27,29)/b18-13-. The van der Waals surface area contributed by atoms with Gasteiger partial charge in [-0.25, -0.2) is 9.69 Å². The van der Waals surface area contributed by atoms with Gasteiger partial charge >= 0.3 is 6.03 Å². The second-order valence-corrected chi connectivity index (χ2v) is 7.69. The number of carbonyl (C=O) groups is 3. The Balaban J connectivity index is 1.86. The van der Waals surface area contributed by atoms with Gasteiger partial charge in [0.25, 0.3) is 11.8 Å². The highest BCUT2D eigenvalue weighted by atomic mass is 79.9. The fraction of sp³-hybridized carbons (Fsp3) is 0.261. The summed E-state index contributed by atoms with van der Waals surface area (Å²) in [5, 5.41) is 2.22. The maximum absolute atomic E-state index is 13.0. The quantitative estimate of drug-likeness (QED) is 0.431. The molecule has 162 valence electrons. The zero-order chi connectivity index (χ0) is 22.4. The normalized spacial score (nSPS) is 15.3. The summed E-state index contributed by atoms with van der Waals surface area (Å²) in [6.45, 7) is 5.17. The van der Waals surface area contributed by atoms with Crippen molar-refractivity contribution in [1.82, 2.24) is 5.32 Å². The second-order valence-electron chi connectivity index (χ2n) is 6.84. The van der Waals surface area contributed by atoms with Gasteiger partial charge in [-0.15, -0.1) is 0 Å². The first-order chi connectivity index (χ1) is 14.9. The molecule has 0 bridgehead atoms. The van der Waals surface area contributed by atoms with E-state index in [-0.39, 0.29) is 5.57 Å². The van der Waals surface area contributed by atoms with Crippen LogP contribution in [0.3, 0.4) is 0 Å². The minimum absolute atomic E-state index is 0.139. The first kappa shape index (κ1) is 22.6. The Morgan fingerprint density at radius 3 is 2.29 bits per heavy atom. The van der Waals surface area contributed by atoms with Gasteiger partial charge in [-0.05, 0) is 76.8 Å². The molecule has 0 atom stereocenters. The molecule has 0 unspecified atom stereocenters. The summed E-state index contributed by atoms with van der Waals surface area (Å²) in [4.78, 5) is 38.7. The lowest BCUT2D eigenvalue weighted by Gasteiger charge is -2.26. The lowest BCUT2D eigenvalue weighted by atomic mass is 10.1. The van der Waals surface area contributed by atoms with Crippen LogP contribution in [0.25, 0.3) is 6.08 Å². The number of nitrogens with zero attached hydrogens (tertiary/aromatic N) is 1. The summed E-state index contributed by atoms with van der Waals surface area (Å²) >= 11 is 3.44. The Morgan fingerprint density at radius 2 is 1.65 bits per heavy atom. The van der Waals surface area contributed by atoms with Crippen molar-refractivity contribution in [1.29, 1.82) is 0 Å². The van der Waals surface area contributed by atoms with Crippen LogP contribution in [0, 0.1) is 0 Å². The van der Waals surface area contributed by atoms with Crippen molar-refractivity contribution in [3.63, 3.8) is 0 Å². The molecule has 1 heterocycles. The van der Waals surface area contributed by atoms with E-state index in [9.17, 15) is 14.4 Å². The molecular formula is C23H23BrN2O5. The van der Waals surface area contributed by atoms with Crippen molar-refractivity contribution in [3.8, 4) is 11.5 Å². The second kappa shape index (κ2) is 10.3. The molecule has 0 saturated carbocycles. The fourth-order valence-corrected chi connectivity index (χ4v) is 3.42. The topological polar surface area (TPSA) is 84.9 Å². The lowest BCUT2D eigenvalue weighted by Crippen LogP contribution is -2.54. The predicted octanol–water partition coefficient (Wildman–Crippen LogP) is 4.69. The van der Waals surface area contributed by atoms with E-state index in [4.69, 9.17) is 9.47 Å². The van der Waals surface area contributed by atoms with Crippen LogP contribution >= 0.6 is 15.9 Å². The predicted molar refractivity (Wildman–Crippen MR) is 121 cm³/mol. The molecule has 7 nitrogen and oxygen atoms in total. The molecule has 0 radical (unpaired) electrons. The van der Waals surface area contributed by atoms with Gasteiger partial charge in [0, 0.05) is 0 Å². The van der Waals surface area contributed by atoms with E-state index in [2.05, 4.69) is 21.2 Å². The Bertz CT molecular complexity index is 1020. The van der Waals surface area contributed by atoms with Gasteiger partial charge in [0.15, 0.2) is 0 Å². The summed E-state index contributed by atoms with van der Waals surface area (Å²) < 4.78 is 11.9. The van der Waals surface area contributed by atoms with Gasteiger partial charge in [0.1, 0.15) is 17.1 Å². The van der Waals surface area contributed by atoms with Gasteiger partial charge < -0.3 is 9.47 Å². The number of benzene rings is 2. The van der Waals surface area contributed by atoms with Crippen molar-refractivity contribution in [3.05, 3.63) is 58.1 Å².